The normalized spacial score (nSPS) is 16.5. The molecular weight excluding hydrogens is 519 g/mol. The van der Waals surface area contributed by atoms with Gasteiger partial charge >= 0.3 is 12.5 Å². The molecule has 1 unspecified atom stereocenters. The average Bonchev–Trinajstić information content (AvgIpc) is 2.80. The number of hydrogen-bond donors (Lipinski definition) is 0. The van der Waals surface area contributed by atoms with E-state index < -0.39 is 52.8 Å². The van der Waals surface area contributed by atoms with Gasteiger partial charge < -0.3 is 14.2 Å². The summed E-state index contributed by atoms with van der Waals surface area (Å²) in [6.07, 6.45) is -7.61. The van der Waals surface area contributed by atoms with Crippen LogP contribution in [-0.4, -0.2) is 13.0 Å². The first-order chi connectivity index (χ1) is 17.3. The molecule has 3 aromatic rings. The predicted molar refractivity (Wildman–Crippen MR) is 112 cm³/mol. The van der Waals surface area contributed by atoms with Crippen molar-refractivity contribution in [3.8, 4) is 22.6 Å². The van der Waals surface area contributed by atoms with Gasteiger partial charge in [0.1, 0.15) is 22.9 Å². The van der Waals surface area contributed by atoms with Gasteiger partial charge in [-0.1, -0.05) is 24.3 Å². The van der Waals surface area contributed by atoms with Crippen LogP contribution in [-0.2, 0) is 10.8 Å². The lowest BCUT2D eigenvalue weighted by Gasteiger charge is -2.23. The molecule has 1 atom stereocenters. The molecule has 12 heteroatoms. The second kappa shape index (κ2) is 10.2. The molecule has 0 bridgehead atoms. The van der Waals surface area contributed by atoms with Gasteiger partial charge in [-0.25, -0.2) is 17.6 Å². The van der Waals surface area contributed by atoms with Crippen LogP contribution in [0.15, 0.2) is 48.5 Å². The number of ether oxygens (including phenoxy) is 3. The second-order valence-electron chi connectivity index (χ2n) is 8.17. The van der Waals surface area contributed by atoms with Gasteiger partial charge in [0.2, 0.25) is 5.75 Å². The van der Waals surface area contributed by atoms with Crippen LogP contribution in [0.1, 0.15) is 36.5 Å². The van der Waals surface area contributed by atoms with Gasteiger partial charge in [0.05, 0.1) is 6.10 Å². The molecule has 0 amide bonds. The minimum Gasteiger partial charge on any atom is -0.429 e. The molecule has 3 nitrogen and oxygen atoms in total. The van der Waals surface area contributed by atoms with Crippen molar-refractivity contribution in [1.29, 1.82) is 0 Å². The summed E-state index contributed by atoms with van der Waals surface area (Å²) >= 11 is 0. The maximum atomic E-state index is 14.7. The average molecular weight is 536 g/mol. The molecule has 0 radical (unpaired) electrons. The van der Waals surface area contributed by atoms with Crippen LogP contribution in [0.4, 0.5) is 39.5 Å². The van der Waals surface area contributed by atoms with Crippen molar-refractivity contribution in [2.75, 3.05) is 6.61 Å². The molecule has 0 saturated carbocycles. The zero-order valence-electron chi connectivity index (χ0n) is 18.7. The topological polar surface area (TPSA) is 27.7 Å². The van der Waals surface area contributed by atoms with Crippen molar-refractivity contribution >= 4 is 0 Å². The highest BCUT2D eigenvalue weighted by Gasteiger charge is 2.42. The Morgan fingerprint density at radius 3 is 1.81 bits per heavy atom. The van der Waals surface area contributed by atoms with Crippen LogP contribution >= 0.6 is 0 Å². The van der Waals surface area contributed by atoms with Gasteiger partial charge in [0.15, 0.2) is 11.6 Å². The Morgan fingerprint density at radius 2 is 1.30 bits per heavy atom. The number of hydrogen-bond acceptors (Lipinski definition) is 3. The van der Waals surface area contributed by atoms with E-state index in [1.807, 2.05) is 0 Å². The lowest BCUT2D eigenvalue weighted by molar-refractivity contribution is -0.276. The third-order valence-corrected chi connectivity index (χ3v) is 5.56. The van der Waals surface area contributed by atoms with Crippen LogP contribution in [0.2, 0.25) is 0 Å². The molecule has 0 N–H and O–H groups in total. The van der Waals surface area contributed by atoms with Gasteiger partial charge in [-0.2, -0.15) is 8.78 Å². The smallest absolute Gasteiger partial charge is 0.429 e. The molecule has 0 aromatic heterocycles. The minimum absolute atomic E-state index is 0.0418. The number of alkyl halides is 5. The van der Waals surface area contributed by atoms with E-state index in [-0.39, 0.29) is 23.8 Å². The largest absolute Gasteiger partial charge is 0.573 e. The maximum absolute atomic E-state index is 14.7. The molecule has 4 rings (SSSR count). The first-order valence-corrected chi connectivity index (χ1v) is 10.9. The highest BCUT2D eigenvalue weighted by atomic mass is 19.4. The summed E-state index contributed by atoms with van der Waals surface area (Å²) in [5.74, 6) is -10.7. The zero-order valence-corrected chi connectivity index (χ0v) is 18.7. The third-order valence-electron chi connectivity index (χ3n) is 5.56. The maximum Gasteiger partial charge on any atom is 0.573 e. The number of benzene rings is 3. The predicted octanol–water partition coefficient (Wildman–Crippen LogP) is 8.18. The Labute approximate surface area is 204 Å². The van der Waals surface area contributed by atoms with E-state index in [4.69, 9.17) is 4.74 Å². The van der Waals surface area contributed by atoms with Gasteiger partial charge in [0, 0.05) is 18.7 Å². The van der Waals surface area contributed by atoms with Gasteiger partial charge in [-0.05, 0) is 48.1 Å². The van der Waals surface area contributed by atoms with Crippen LogP contribution in [0.25, 0.3) is 11.1 Å². The highest BCUT2D eigenvalue weighted by Crippen LogP contribution is 2.39. The quantitative estimate of drug-likeness (QED) is 0.298. The Kier molecular flexibility index (Phi) is 7.31. The first-order valence-electron chi connectivity index (χ1n) is 10.9. The molecule has 1 aliphatic rings. The monoisotopic (exact) mass is 536 g/mol. The lowest BCUT2D eigenvalue weighted by Crippen LogP contribution is -2.25. The fourth-order valence-corrected chi connectivity index (χ4v) is 3.92. The molecule has 37 heavy (non-hydrogen) atoms. The van der Waals surface area contributed by atoms with Crippen molar-refractivity contribution in [1.82, 2.24) is 0 Å². The summed E-state index contributed by atoms with van der Waals surface area (Å²) in [5, 5.41) is 0. The molecule has 0 spiro atoms. The summed E-state index contributed by atoms with van der Waals surface area (Å²) in [6, 6.07) is 7.66. The minimum atomic E-state index is -5.47. The summed E-state index contributed by atoms with van der Waals surface area (Å²) in [4.78, 5) is 0. The molecule has 3 aromatic carbocycles. The van der Waals surface area contributed by atoms with E-state index in [9.17, 15) is 39.5 Å². The van der Waals surface area contributed by atoms with E-state index in [1.165, 1.54) is 0 Å². The Bertz CT molecular complexity index is 1220. The lowest BCUT2D eigenvalue weighted by atomic mass is 9.97. The zero-order chi connectivity index (χ0) is 27.0. The summed E-state index contributed by atoms with van der Waals surface area (Å²) in [5.41, 5.74) is -0.763. The highest BCUT2D eigenvalue weighted by molar-refractivity contribution is 5.64. The standard InChI is InChI=1S/C25H17F9O3/c26-17-9-15(13-4-6-14(7-5-13)21-3-1-2-8-35-21)10-18(27)22(17)24(30,31)36-16-11-19(28)23(20(29)12-16)37-25(32,33)34/h4-7,9-12,21H,1-3,8H2. The van der Waals surface area contributed by atoms with Crippen LogP contribution < -0.4 is 9.47 Å². The Morgan fingerprint density at radius 1 is 0.703 bits per heavy atom. The third kappa shape index (κ3) is 6.12. The SMILES string of the molecule is Fc1cc(OC(F)(F)c2c(F)cc(-c3ccc(C4CCCCO4)cc3)cc2F)cc(F)c1OC(F)(F)F. The Balaban J connectivity index is 1.57. The van der Waals surface area contributed by atoms with E-state index in [0.29, 0.717) is 24.3 Å². The van der Waals surface area contributed by atoms with E-state index in [2.05, 4.69) is 9.47 Å². The summed E-state index contributed by atoms with van der Waals surface area (Å²) < 4.78 is 136. The Hall–Kier alpha value is -3.41. The fraction of sp³-hybridized carbons (Fsp3) is 0.280. The molecule has 1 fully saturated rings. The van der Waals surface area contributed by atoms with Crippen LogP contribution in [0, 0.1) is 23.3 Å². The van der Waals surface area contributed by atoms with Crippen LogP contribution in [0.3, 0.4) is 0 Å². The van der Waals surface area contributed by atoms with E-state index in [0.717, 1.165) is 24.8 Å². The van der Waals surface area contributed by atoms with E-state index in [1.54, 1.807) is 24.3 Å². The molecule has 0 aliphatic carbocycles. The second-order valence-corrected chi connectivity index (χ2v) is 8.17. The fourth-order valence-electron chi connectivity index (χ4n) is 3.92. The molecule has 1 aliphatic heterocycles. The molecule has 1 saturated heterocycles. The van der Waals surface area contributed by atoms with Gasteiger partial charge in [-0.15, -0.1) is 13.2 Å². The van der Waals surface area contributed by atoms with Crippen molar-refractivity contribution in [3.05, 3.63) is 82.9 Å². The molecular formula is C25H17F9O3. The molecule has 198 valence electrons. The van der Waals surface area contributed by atoms with Crippen LogP contribution in [0.5, 0.6) is 11.5 Å². The summed E-state index contributed by atoms with van der Waals surface area (Å²) in [7, 11) is 0. The number of rotatable bonds is 6. The first kappa shape index (κ1) is 26.6. The van der Waals surface area contributed by atoms with Crippen molar-refractivity contribution < 1.29 is 53.7 Å². The number of halogens is 9. The van der Waals surface area contributed by atoms with Gasteiger partial charge in [0.25, 0.3) is 0 Å². The van der Waals surface area contributed by atoms with Crippen molar-refractivity contribution in [3.63, 3.8) is 0 Å². The summed E-state index contributed by atoms with van der Waals surface area (Å²) in [6.45, 7) is 0.616. The van der Waals surface area contributed by atoms with E-state index >= 15 is 0 Å². The van der Waals surface area contributed by atoms with Crippen molar-refractivity contribution in [2.45, 2.75) is 37.8 Å². The van der Waals surface area contributed by atoms with Gasteiger partial charge in [-0.3, -0.25) is 0 Å². The van der Waals surface area contributed by atoms with Crippen molar-refractivity contribution in [2.24, 2.45) is 0 Å². The molecule has 1 heterocycles.